The zero-order chi connectivity index (χ0) is 13.1. The van der Waals surface area contributed by atoms with E-state index in [1.807, 2.05) is 0 Å². The highest BCUT2D eigenvalue weighted by molar-refractivity contribution is 5.51. The molecule has 0 spiro atoms. The molecule has 0 aliphatic rings. The van der Waals surface area contributed by atoms with E-state index in [1.54, 1.807) is 12.1 Å². The molecule has 0 saturated heterocycles. The van der Waals surface area contributed by atoms with E-state index in [0.717, 1.165) is 0 Å². The zero-order valence-corrected chi connectivity index (χ0v) is 9.25. The molecule has 2 aromatic rings. The number of phenolic OH excluding ortho intramolecular Hbond substituents is 4. The van der Waals surface area contributed by atoms with Gasteiger partial charge in [0.05, 0.1) is 0 Å². The lowest BCUT2D eigenvalue weighted by atomic mass is 10.1. The SMILES string of the molecule is Oc1ccc(C#Cc2ccc(O)c(O)c2)cc1O. The van der Waals surface area contributed by atoms with E-state index in [4.69, 9.17) is 10.2 Å². The first-order valence-electron chi connectivity index (χ1n) is 5.12. The first kappa shape index (κ1) is 11.7. The molecule has 0 fully saturated rings. The standard InChI is InChI=1S/C14H10O4/c15-11-5-3-9(7-13(11)17)1-2-10-4-6-12(16)14(18)8-10/h3-8,15-18H. The number of hydrogen-bond acceptors (Lipinski definition) is 4. The normalized spacial score (nSPS) is 9.56. The summed E-state index contributed by atoms with van der Waals surface area (Å²) in [5.74, 6) is 4.63. The van der Waals surface area contributed by atoms with Gasteiger partial charge in [-0.2, -0.15) is 0 Å². The Morgan fingerprint density at radius 2 is 0.944 bits per heavy atom. The number of hydrogen-bond donors (Lipinski definition) is 4. The van der Waals surface area contributed by atoms with E-state index in [-0.39, 0.29) is 23.0 Å². The van der Waals surface area contributed by atoms with Crippen LogP contribution in [0.15, 0.2) is 36.4 Å². The smallest absolute Gasteiger partial charge is 0.158 e. The third-order valence-electron chi connectivity index (χ3n) is 2.30. The van der Waals surface area contributed by atoms with Gasteiger partial charge in [-0.3, -0.25) is 0 Å². The highest BCUT2D eigenvalue weighted by Gasteiger charge is 1.99. The molecule has 0 bridgehead atoms. The van der Waals surface area contributed by atoms with Crippen LogP contribution in [0.5, 0.6) is 23.0 Å². The van der Waals surface area contributed by atoms with Gasteiger partial charge in [-0.1, -0.05) is 11.8 Å². The molecule has 0 aliphatic heterocycles. The minimum atomic E-state index is -0.240. The second-order valence-corrected chi connectivity index (χ2v) is 3.66. The molecule has 0 aliphatic carbocycles. The van der Waals surface area contributed by atoms with Gasteiger partial charge in [0.15, 0.2) is 23.0 Å². The van der Waals surface area contributed by atoms with Crippen molar-refractivity contribution in [3.8, 4) is 34.8 Å². The van der Waals surface area contributed by atoms with Crippen LogP contribution < -0.4 is 0 Å². The highest BCUT2D eigenvalue weighted by Crippen LogP contribution is 2.25. The lowest BCUT2D eigenvalue weighted by molar-refractivity contribution is 0.403. The topological polar surface area (TPSA) is 80.9 Å². The molecule has 0 unspecified atom stereocenters. The van der Waals surface area contributed by atoms with Gasteiger partial charge < -0.3 is 20.4 Å². The van der Waals surface area contributed by atoms with Gasteiger partial charge in [-0.15, -0.1) is 0 Å². The zero-order valence-electron chi connectivity index (χ0n) is 9.25. The summed E-state index contributed by atoms with van der Waals surface area (Å²) >= 11 is 0. The van der Waals surface area contributed by atoms with Crippen LogP contribution in [-0.4, -0.2) is 20.4 Å². The minimum absolute atomic E-state index is 0.206. The summed E-state index contributed by atoms with van der Waals surface area (Å²) in [6.07, 6.45) is 0. The first-order chi connectivity index (χ1) is 8.56. The molecule has 18 heavy (non-hydrogen) atoms. The average molecular weight is 242 g/mol. The average Bonchev–Trinajstić information content (AvgIpc) is 2.35. The van der Waals surface area contributed by atoms with Crippen molar-refractivity contribution in [1.82, 2.24) is 0 Å². The third-order valence-corrected chi connectivity index (χ3v) is 2.30. The number of benzene rings is 2. The fourth-order valence-corrected chi connectivity index (χ4v) is 1.35. The van der Waals surface area contributed by atoms with Crippen LogP contribution in [0.3, 0.4) is 0 Å². The molecular formula is C14H10O4. The second kappa shape index (κ2) is 4.60. The van der Waals surface area contributed by atoms with Gasteiger partial charge >= 0.3 is 0 Å². The van der Waals surface area contributed by atoms with Crippen molar-refractivity contribution in [2.45, 2.75) is 0 Å². The van der Waals surface area contributed by atoms with Crippen LogP contribution in [0.4, 0.5) is 0 Å². The summed E-state index contributed by atoms with van der Waals surface area (Å²) in [6, 6.07) is 8.47. The monoisotopic (exact) mass is 242 g/mol. The fraction of sp³-hybridized carbons (Fsp3) is 0. The molecule has 0 radical (unpaired) electrons. The molecule has 4 nitrogen and oxygen atoms in total. The lowest BCUT2D eigenvalue weighted by Gasteiger charge is -1.97. The Balaban J connectivity index is 2.30. The van der Waals surface area contributed by atoms with Crippen molar-refractivity contribution in [2.24, 2.45) is 0 Å². The molecule has 0 atom stereocenters. The Morgan fingerprint density at radius 1 is 0.556 bits per heavy atom. The summed E-state index contributed by atoms with van der Waals surface area (Å²) in [5, 5.41) is 36.8. The minimum Gasteiger partial charge on any atom is -0.504 e. The maximum absolute atomic E-state index is 9.29. The molecule has 2 aromatic carbocycles. The number of rotatable bonds is 0. The van der Waals surface area contributed by atoms with E-state index in [0.29, 0.717) is 11.1 Å². The lowest BCUT2D eigenvalue weighted by Crippen LogP contribution is -1.77. The predicted molar refractivity (Wildman–Crippen MR) is 65.5 cm³/mol. The van der Waals surface area contributed by atoms with Crippen LogP contribution in [0.2, 0.25) is 0 Å². The maximum atomic E-state index is 9.29. The molecule has 0 aromatic heterocycles. The van der Waals surface area contributed by atoms with Crippen LogP contribution in [-0.2, 0) is 0 Å². The van der Waals surface area contributed by atoms with Crippen LogP contribution in [0.25, 0.3) is 0 Å². The molecular weight excluding hydrogens is 232 g/mol. The molecule has 90 valence electrons. The first-order valence-corrected chi connectivity index (χ1v) is 5.12. The molecule has 4 N–H and O–H groups in total. The summed E-state index contributed by atoms with van der Waals surface area (Å²) < 4.78 is 0. The van der Waals surface area contributed by atoms with Crippen LogP contribution in [0.1, 0.15) is 11.1 Å². The van der Waals surface area contributed by atoms with Gasteiger partial charge in [0, 0.05) is 11.1 Å². The molecule has 0 amide bonds. The van der Waals surface area contributed by atoms with Crippen molar-refractivity contribution in [1.29, 1.82) is 0 Å². The predicted octanol–water partition coefficient (Wildman–Crippen LogP) is 1.91. The summed E-state index contributed by atoms with van der Waals surface area (Å²) in [4.78, 5) is 0. The van der Waals surface area contributed by atoms with Gasteiger partial charge in [0.2, 0.25) is 0 Å². The van der Waals surface area contributed by atoms with E-state index in [2.05, 4.69) is 11.8 Å². The number of aromatic hydroxyl groups is 4. The van der Waals surface area contributed by atoms with E-state index in [1.165, 1.54) is 24.3 Å². The van der Waals surface area contributed by atoms with Gasteiger partial charge in [0.1, 0.15) is 0 Å². The van der Waals surface area contributed by atoms with Crippen molar-refractivity contribution in [2.75, 3.05) is 0 Å². The fourth-order valence-electron chi connectivity index (χ4n) is 1.35. The van der Waals surface area contributed by atoms with Crippen molar-refractivity contribution < 1.29 is 20.4 Å². The Bertz CT molecular complexity index is 595. The van der Waals surface area contributed by atoms with E-state index < -0.39 is 0 Å². The van der Waals surface area contributed by atoms with Gasteiger partial charge in [0.25, 0.3) is 0 Å². The van der Waals surface area contributed by atoms with Crippen LogP contribution >= 0.6 is 0 Å². The van der Waals surface area contributed by atoms with Crippen molar-refractivity contribution >= 4 is 0 Å². The summed E-state index contributed by atoms with van der Waals surface area (Å²) in [7, 11) is 0. The van der Waals surface area contributed by atoms with Crippen LogP contribution in [0, 0.1) is 11.8 Å². The number of phenols is 4. The maximum Gasteiger partial charge on any atom is 0.158 e. The van der Waals surface area contributed by atoms with Crippen molar-refractivity contribution in [3.05, 3.63) is 47.5 Å². The largest absolute Gasteiger partial charge is 0.504 e. The van der Waals surface area contributed by atoms with Gasteiger partial charge in [-0.05, 0) is 36.4 Å². The molecule has 2 rings (SSSR count). The third kappa shape index (κ3) is 2.47. The molecule has 4 heteroatoms. The molecule has 0 saturated carbocycles. The summed E-state index contributed by atoms with van der Waals surface area (Å²) in [5.41, 5.74) is 1.05. The Labute approximate surface area is 103 Å². The quantitative estimate of drug-likeness (QED) is 0.420. The summed E-state index contributed by atoms with van der Waals surface area (Å²) in [6.45, 7) is 0. The van der Waals surface area contributed by atoms with E-state index >= 15 is 0 Å². The Hall–Kier alpha value is -2.80. The van der Waals surface area contributed by atoms with E-state index in [9.17, 15) is 10.2 Å². The molecule has 0 heterocycles. The second-order valence-electron chi connectivity index (χ2n) is 3.66. The highest BCUT2D eigenvalue weighted by atomic mass is 16.3. The Morgan fingerprint density at radius 3 is 1.28 bits per heavy atom. The van der Waals surface area contributed by atoms with Gasteiger partial charge in [-0.25, -0.2) is 0 Å². The Kier molecular flexibility index (Phi) is 2.98. The van der Waals surface area contributed by atoms with Crippen molar-refractivity contribution in [3.63, 3.8) is 0 Å².